The van der Waals surface area contributed by atoms with Gasteiger partial charge in [-0.3, -0.25) is 4.79 Å². The summed E-state index contributed by atoms with van der Waals surface area (Å²) in [5, 5.41) is 2.88. The molecule has 21 heavy (non-hydrogen) atoms. The van der Waals surface area contributed by atoms with E-state index in [2.05, 4.69) is 43.8 Å². The van der Waals surface area contributed by atoms with Crippen molar-refractivity contribution in [3.8, 4) is 0 Å². The van der Waals surface area contributed by atoms with E-state index in [1.807, 2.05) is 30.3 Å². The first-order valence-electron chi connectivity index (χ1n) is 6.50. The number of rotatable bonds is 7. The van der Waals surface area contributed by atoms with Crippen LogP contribution in [0.2, 0.25) is 0 Å². The summed E-state index contributed by atoms with van der Waals surface area (Å²) in [6.45, 7) is 1.62. The maximum Gasteiger partial charge on any atom is 0.252 e. The van der Waals surface area contributed by atoms with Gasteiger partial charge in [0.1, 0.15) is 12.4 Å². The van der Waals surface area contributed by atoms with Gasteiger partial charge in [-0.1, -0.05) is 0 Å². The van der Waals surface area contributed by atoms with E-state index in [0.29, 0.717) is 25.3 Å². The number of benzene rings is 1. The van der Waals surface area contributed by atoms with E-state index in [1.54, 1.807) is 6.26 Å². The fraction of sp³-hybridized carbons (Fsp3) is 0.267. The molecule has 6 heteroatoms. The van der Waals surface area contributed by atoms with Crippen LogP contribution in [0.3, 0.4) is 0 Å². The zero-order chi connectivity index (χ0) is 15.1. The molecule has 0 aliphatic heterocycles. The van der Waals surface area contributed by atoms with Crippen molar-refractivity contribution in [1.82, 2.24) is 5.32 Å². The summed E-state index contributed by atoms with van der Waals surface area (Å²) < 4.78 is 12.4. The molecule has 0 radical (unpaired) electrons. The molecule has 0 saturated heterocycles. The van der Waals surface area contributed by atoms with Crippen LogP contribution < -0.4 is 5.32 Å². The third-order valence-corrected chi connectivity index (χ3v) is 4.11. The lowest BCUT2D eigenvalue weighted by Crippen LogP contribution is -2.25. The number of nitrogens with one attached hydrogen (secondary N) is 1. The van der Waals surface area contributed by atoms with Crippen LogP contribution in [0.1, 0.15) is 22.5 Å². The van der Waals surface area contributed by atoms with Crippen molar-refractivity contribution in [2.75, 3.05) is 13.2 Å². The Hall–Kier alpha value is -0.860. The van der Waals surface area contributed by atoms with Gasteiger partial charge in [-0.25, -0.2) is 0 Å². The third kappa shape index (κ3) is 5.44. The van der Waals surface area contributed by atoms with E-state index in [0.717, 1.165) is 20.2 Å². The minimum atomic E-state index is -0.0774. The van der Waals surface area contributed by atoms with Crippen LogP contribution in [0, 0.1) is 3.57 Å². The number of furan rings is 1. The van der Waals surface area contributed by atoms with Crippen LogP contribution in [0.4, 0.5) is 0 Å². The lowest BCUT2D eigenvalue weighted by molar-refractivity contribution is 0.0916. The molecule has 0 fully saturated rings. The standard InChI is InChI=1S/C15H15BrINO3/c16-14-5-4-11(17)9-13(14)15(19)18-6-2-7-20-10-12-3-1-8-21-12/h1,3-5,8-9H,2,6-7,10H2,(H,18,19). The van der Waals surface area contributed by atoms with Crippen LogP contribution in [0.15, 0.2) is 45.5 Å². The SMILES string of the molecule is O=C(NCCCOCc1ccco1)c1cc(I)ccc1Br. The lowest BCUT2D eigenvalue weighted by Gasteiger charge is -2.07. The van der Waals surface area contributed by atoms with Gasteiger partial charge in [-0.15, -0.1) is 0 Å². The molecular weight excluding hydrogens is 449 g/mol. The topological polar surface area (TPSA) is 51.5 Å². The van der Waals surface area contributed by atoms with Crippen molar-refractivity contribution in [2.45, 2.75) is 13.0 Å². The van der Waals surface area contributed by atoms with Gasteiger partial charge in [0.05, 0.1) is 11.8 Å². The summed E-state index contributed by atoms with van der Waals surface area (Å²) >= 11 is 5.57. The number of hydrogen-bond donors (Lipinski definition) is 1. The summed E-state index contributed by atoms with van der Waals surface area (Å²) in [6, 6.07) is 9.38. The molecule has 0 spiro atoms. The second-order valence-corrected chi connectivity index (χ2v) is 6.47. The van der Waals surface area contributed by atoms with Gasteiger partial charge in [0, 0.05) is 21.2 Å². The molecule has 1 amide bonds. The van der Waals surface area contributed by atoms with Crippen molar-refractivity contribution >= 4 is 44.4 Å². The molecule has 0 unspecified atom stereocenters. The van der Waals surface area contributed by atoms with Gasteiger partial charge in [0.2, 0.25) is 0 Å². The Morgan fingerprint density at radius 3 is 3.00 bits per heavy atom. The second-order valence-electron chi connectivity index (χ2n) is 4.37. The first-order valence-corrected chi connectivity index (χ1v) is 8.37. The zero-order valence-electron chi connectivity index (χ0n) is 11.3. The molecule has 1 aromatic heterocycles. The van der Waals surface area contributed by atoms with Crippen LogP contribution in [0.25, 0.3) is 0 Å². The van der Waals surface area contributed by atoms with Gasteiger partial charge in [-0.2, -0.15) is 0 Å². The number of hydrogen-bond acceptors (Lipinski definition) is 3. The van der Waals surface area contributed by atoms with Crippen LogP contribution in [0.5, 0.6) is 0 Å². The van der Waals surface area contributed by atoms with Crippen LogP contribution in [-0.4, -0.2) is 19.1 Å². The van der Waals surface area contributed by atoms with Gasteiger partial charge in [0.15, 0.2) is 0 Å². The molecule has 4 nitrogen and oxygen atoms in total. The highest BCUT2D eigenvalue weighted by Crippen LogP contribution is 2.19. The number of ether oxygens (including phenoxy) is 1. The summed E-state index contributed by atoms with van der Waals surface area (Å²) in [4.78, 5) is 12.0. The van der Waals surface area contributed by atoms with Crippen molar-refractivity contribution in [1.29, 1.82) is 0 Å². The summed E-state index contributed by atoms with van der Waals surface area (Å²) in [5.41, 5.74) is 0.651. The molecule has 0 aliphatic carbocycles. The molecule has 0 atom stereocenters. The third-order valence-electron chi connectivity index (χ3n) is 2.75. The average Bonchev–Trinajstić information content (AvgIpc) is 2.98. The maximum atomic E-state index is 12.0. The normalized spacial score (nSPS) is 10.6. The lowest BCUT2D eigenvalue weighted by atomic mass is 10.2. The fourth-order valence-corrected chi connectivity index (χ4v) is 2.63. The summed E-state index contributed by atoms with van der Waals surface area (Å²) in [5.74, 6) is 0.730. The number of halogens is 2. The van der Waals surface area contributed by atoms with Crippen molar-refractivity contribution in [3.63, 3.8) is 0 Å². The fourth-order valence-electron chi connectivity index (χ4n) is 1.71. The summed E-state index contributed by atoms with van der Waals surface area (Å²) in [7, 11) is 0. The Bertz CT molecular complexity index is 587. The molecule has 0 saturated carbocycles. The van der Waals surface area contributed by atoms with E-state index < -0.39 is 0 Å². The van der Waals surface area contributed by atoms with E-state index in [4.69, 9.17) is 9.15 Å². The Labute approximate surface area is 145 Å². The molecular formula is C15H15BrINO3. The number of amides is 1. The van der Waals surface area contributed by atoms with Gasteiger partial charge in [-0.05, 0) is 75.3 Å². The molecule has 1 heterocycles. The van der Waals surface area contributed by atoms with Gasteiger partial charge < -0.3 is 14.5 Å². The van der Waals surface area contributed by atoms with Crippen molar-refractivity contribution in [3.05, 3.63) is 56.0 Å². The Kier molecular flexibility index (Phi) is 6.72. The number of carbonyl (C=O) groups is 1. The minimum absolute atomic E-state index is 0.0774. The largest absolute Gasteiger partial charge is 0.467 e. The Balaban J connectivity index is 1.66. The van der Waals surface area contributed by atoms with Crippen molar-refractivity contribution in [2.24, 2.45) is 0 Å². The monoisotopic (exact) mass is 463 g/mol. The molecule has 2 rings (SSSR count). The van der Waals surface area contributed by atoms with Crippen LogP contribution >= 0.6 is 38.5 Å². The quantitative estimate of drug-likeness (QED) is 0.499. The molecule has 1 N–H and O–H groups in total. The Morgan fingerprint density at radius 1 is 1.38 bits per heavy atom. The van der Waals surface area contributed by atoms with Crippen molar-refractivity contribution < 1.29 is 13.9 Å². The van der Waals surface area contributed by atoms with Gasteiger partial charge in [0.25, 0.3) is 5.91 Å². The average molecular weight is 464 g/mol. The van der Waals surface area contributed by atoms with Gasteiger partial charge >= 0.3 is 0 Å². The van der Waals surface area contributed by atoms with E-state index >= 15 is 0 Å². The molecule has 0 aliphatic rings. The molecule has 2 aromatic rings. The highest BCUT2D eigenvalue weighted by Gasteiger charge is 2.09. The van der Waals surface area contributed by atoms with Crippen LogP contribution in [-0.2, 0) is 11.3 Å². The van der Waals surface area contributed by atoms with E-state index in [9.17, 15) is 4.79 Å². The Morgan fingerprint density at radius 2 is 2.24 bits per heavy atom. The van der Waals surface area contributed by atoms with E-state index in [-0.39, 0.29) is 5.91 Å². The highest BCUT2D eigenvalue weighted by atomic mass is 127. The molecule has 0 bridgehead atoms. The number of carbonyl (C=O) groups excluding carboxylic acids is 1. The van der Waals surface area contributed by atoms with E-state index in [1.165, 1.54) is 0 Å². The maximum absolute atomic E-state index is 12.0. The predicted molar refractivity (Wildman–Crippen MR) is 92.2 cm³/mol. The molecule has 1 aromatic carbocycles. The second kappa shape index (κ2) is 8.55. The summed E-state index contributed by atoms with van der Waals surface area (Å²) in [6.07, 6.45) is 2.38. The minimum Gasteiger partial charge on any atom is -0.467 e. The first-order chi connectivity index (χ1) is 10.2. The predicted octanol–water partition coefficient (Wildman–Crippen LogP) is 3.98. The first kappa shape index (κ1) is 16.5. The molecule has 112 valence electrons. The highest BCUT2D eigenvalue weighted by molar-refractivity contribution is 14.1. The zero-order valence-corrected chi connectivity index (χ0v) is 15.0. The smallest absolute Gasteiger partial charge is 0.252 e.